The molecule has 0 saturated carbocycles. The van der Waals surface area contributed by atoms with E-state index < -0.39 is 6.04 Å². The summed E-state index contributed by atoms with van der Waals surface area (Å²) in [7, 11) is 4.88. The van der Waals surface area contributed by atoms with E-state index >= 15 is 0 Å². The molecule has 5 rings (SSSR count). The van der Waals surface area contributed by atoms with E-state index in [-0.39, 0.29) is 17.8 Å². The van der Waals surface area contributed by atoms with Crippen molar-refractivity contribution in [3.8, 4) is 23.0 Å². The first-order chi connectivity index (χ1) is 18.4. The van der Waals surface area contributed by atoms with Crippen LogP contribution in [-0.4, -0.2) is 33.2 Å². The van der Waals surface area contributed by atoms with Crippen LogP contribution in [0.25, 0.3) is 0 Å². The zero-order valence-corrected chi connectivity index (χ0v) is 22.5. The van der Waals surface area contributed by atoms with Crippen molar-refractivity contribution in [1.29, 1.82) is 0 Å². The molecule has 0 bridgehead atoms. The van der Waals surface area contributed by atoms with Gasteiger partial charge in [0.15, 0.2) is 28.8 Å². The molecule has 0 amide bonds. The van der Waals surface area contributed by atoms with Crippen LogP contribution in [0.15, 0.2) is 71.9 Å². The minimum atomic E-state index is -0.406. The van der Waals surface area contributed by atoms with Gasteiger partial charge in [0.1, 0.15) is 0 Å². The van der Waals surface area contributed by atoms with Crippen molar-refractivity contribution in [2.75, 3.05) is 32.0 Å². The van der Waals surface area contributed by atoms with E-state index in [0.717, 1.165) is 33.8 Å². The number of ether oxygens (including phenoxy) is 4. The van der Waals surface area contributed by atoms with Gasteiger partial charge in [-0.25, -0.2) is 0 Å². The summed E-state index contributed by atoms with van der Waals surface area (Å²) in [6.45, 7) is 3.97. The highest BCUT2D eigenvalue weighted by molar-refractivity contribution is 6.01. The summed E-state index contributed by atoms with van der Waals surface area (Å²) in [6, 6.07) is 19.3. The molecule has 3 aromatic carbocycles. The fourth-order valence-electron chi connectivity index (χ4n) is 5.39. The number of carbonyl (C=O) groups is 1. The molecule has 1 aliphatic heterocycles. The molecule has 3 aromatic rings. The lowest BCUT2D eigenvalue weighted by Crippen LogP contribution is -2.27. The van der Waals surface area contributed by atoms with Gasteiger partial charge in [0.25, 0.3) is 0 Å². The second kappa shape index (κ2) is 10.7. The first kappa shape index (κ1) is 25.5. The van der Waals surface area contributed by atoms with Gasteiger partial charge in [-0.2, -0.15) is 0 Å². The van der Waals surface area contributed by atoms with Crippen LogP contribution in [0.4, 0.5) is 11.4 Å². The first-order valence-corrected chi connectivity index (χ1v) is 12.9. The lowest BCUT2D eigenvalue weighted by atomic mass is 9.78. The van der Waals surface area contributed by atoms with Gasteiger partial charge in [0, 0.05) is 23.3 Å². The number of anilines is 2. The largest absolute Gasteiger partial charge is 0.493 e. The van der Waals surface area contributed by atoms with Gasteiger partial charge >= 0.3 is 0 Å². The molecule has 7 heteroatoms. The Morgan fingerprint density at radius 1 is 0.816 bits per heavy atom. The van der Waals surface area contributed by atoms with Crippen LogP contribution in [0.5, 0.6) is 23.0 Å². The summed E-state index contributed by atoms with van der Waals surface area (Å²) in [6.07, 6.45) is 1.09. The third-order valence-electron chi connectivity index (χ3n) is 7.08. The predicted molar refractivity (Wildman–Crippen MR) is 149 cm³/mol. The summed E-state index contributed by atoms with van der Waals surface area (Å²) in [5.41, 5.74) is 5.35. The minimum Gasteiger partial charge on any atom is -0.493 e. The summed E-state index contributed by atoms with van der Waals surface area (Å²) >= 11 is 0. The van der Waals surface area contributed by atoms with Gasteiger partial charge in [-0.1, -0.05) is 30.3 Å². The van der Waals surface area contributed by atoms with Gasteiger partial charge in [0.2, 0.25) is 0 Å². The highest BCUT2D eigenvalue weighted by atomic mass is 16.5. The molecule has 2 N–H and O–H groups in total. The van der Waals surface area contributed by atoms with Crippen molar-refractivity contribution in [3.05, 3.63) is 83.1 Å². The molecule has 2 aliphatic rings. The Kier molecular flexibility index (Phi) is 7.18. The molecule has 38 heavy (non-hydrogen) atoms. The van der Waals surface area contributed by atoms with Crippen molar-refractivity contribution in [2.45, 2.75) is 44.8 Å². The Morgan fingerprint density at radius 3 is 2.29 bits per heavy atom. The molecule has 1 heterocycles. The van der Waals surface area contributed by atoms with Gasteiger partial charge in [-0.15, -0.1) is 0 Å². The maximum absolute atomic E-state index is 14.0. The van der Waals surface area contributed by atoms with Crippen molar-refractivity contribution in [2.24, 2.45) is 0 Å². The molecule has 0 radical (unpaired) electrons. The van der Waals surface area contributed by atoms with Crippen LogP contribution in [0, 0.1) is 0 Å². The fraction of sp³-hybridized carbons (Fsp3) is 0.323. The Bertz CT molecular complexity index is 1380. The number of hydrogen-bond donors (Lipinski definition) is 2. The van der Waals surface area contributed by atoms with Crippen LogP contribution >= 0.6 is 0 Å². The lowest BCUT2D eigenvalue weighted by molar-refractivity contribution is -0.116. The van der Waals surface area contributed by atoms with Crippen LogP contribution in [-0.2, 0) is 4.79 Å². The molecule has 1 aliphatic carbocycles. The number of Topliss-reactive ketones (excluding diaryl/α,β-unsaturated/α-hetero) is 1. The van der Waals surface area contributed by atoms with E-state index in [1.54, 1.807) is 21.3 Å². The lowest BCUT2D eigenvalue weighted by Gasteiger charge is -2.31. The van der Waals surface area contributed by atoms with Crippen molar-refractivity contribution < 1.29 is 23.7 Å². The second-order valence-electron chi connectivity index (χ2n) is 9.83. The number of fused-ring (bicyclic) bond motifs is 1. The smallest absolute Gasteiger partial charge is 0.166 e. The third kappa shape index (κ3) is 4.76. The zero-order valence-electron chi connectivity index (χ0n) is 22.5. The average Bonchev–Trinajstić information content (AvgIpc) is 3.09. The van der Waals surface area contributed by atoms with Crippen molar-refractivity contribution >= 4 is 17.2 Å². The average molecular weight is 515 g/mol. The molecule has 0 spiro atoms. The normalized spacial score (nSPS) is 18.5. The Morgan fingerprint density at radius 2 is 1.58 bits per heavy atom. The highest BCUT2D eigenvalue weighted by Gasteiger charge is 2.37. The number of para-hydroxylation sites is 3. The standard InChI is InChI=1S/C31H34N2O5/c1-18(2)38-26-14-13-19(17-28(26)36-4)20-15-24-29(25(34)16-20)30(33-23-11-7-6-10-22(23)32-24)21-9-8-12-27(35-3)31(21)37-5/h6-14,17-18,20,30,32-33H,15-16H2,1-5H3. The van der Waals surface area contributed by atoms with Gasteiger partial charge in [-0.05, 0) is 62.1 Å². The third-order valence-corrected chi connectivity index (χ3v) is 7.08. The van der Waals surface area contributed by atoms with Crippen LogP contribution in [0.2, 0.25) is 0 Å². The molecule has 7 nitrogen and oxygen atoms in total. The summed E-state index contributed by atoms with van der Waals surface area (Å²) in [5, 5.41) is 7.21. The Labute approximate surface area is 223 Å². The number of benzene rings is 3. The van der Waals surface area contributed by atoms with Crippen molar-refractivity contribution in [1.82, 2.24) is 0 Å². The van der Waals surface area contributed by atoms with Crippen LogP contribution < -0.4 is 29.6 Å². The predicted octanol–water partition coefficient (Wildman–Crippen LogP) is 6.48. The molecule has 0 aromatic heterocycles. The zero-order chi connectivity index (χ0) is 26.8. The molecule has 198 valence electrons. The Balaban J connectivity index is 1.59. The number of methoxy groups -OCH3 is 3. The van der Waals surface area contributed by atoms with E-state index in [1.165, 1.54) is 0 Å². The molecule has 0 saturated heterocycles. The Hall–Kier alpha value is -4.13. The van der Waals surface area contributed by atoms with E-state index in [1.807, 2.05) is 74.5 Å². The van der Waals surface area contributed by atoms with Crippen molar-refractivity contribution in [3.63, 3.8) is 0 Å². The summed E-state index contributed by atoms with van der Waals surface area (Å²) < 4.78 is 22.9. The van der Waals surface area contributed by atoms with E-state index in [2.05, 4.69) is 10.6 Å². The topological polar surface area (TPSA) is 78.1 Å². The highest BCUT2D eigenvalue weighted by Crippen LogP contribution is 2.47. The van der Waals surface area contributed by atoms with Crippen LogP contribution in [0.3, 0.4) is 0 Å². The molecular formula is C31H34N2O5. The quantitative estimate of drug-likeness (QED) is 0.374. The number of rotatable bonds is 7. The molecule has 2 atom stereocenters. The number of nitrogens with one attached hydrogen (secondary N) is 2. The molecular weight excluding hydrogens is 480 g/mol. The summed E-state index contributed by atoms with van der Waals surface area (Å²) in [4.78, 5) is 14.0. The van der Waals surface area contributed by atoms with Gasteiger partial charge < -0.3 is 29.6 Å². The monoisotopic (exact) mass is 514 g/mol. The second-order valence-corrected chi connectivity index (χ2v) is 9.83. The van der Waals surface area contributed by atoms with E-state index in [4.69, 9.17) is 18.9 Å². The fourth-order valence-corrected chi connectivity index (χ4v) is 5.39. The number of carbonyl (C=O) groups excluding carboxylic acids is 1. The first-order valence-electron chi connectivity index (χ1n) is 12.9. The SMILES string of the molecule is COc1cc(C2CC(=O)C3=C(C2)Nc2ccccc2NC3c2cccc(OC)c2OC)ccc1OC(C)C. The summed E-state index contributed by atoms with van der Waals surface area (Å²) in [5.74, 6) is 2.68. The van der Waals surface area contributed by atoms with Gasteiger partial charge in [0.05, 0.1) is 44.8 Å². The minimum absolute atomic E-state index is 0.00568. The molecule has 0 fully saturated rings. The maximum Gasteiger partial charge on any atom is 0.166 e. The van der Waals surface area contributed by atoms with Crippen LogP contribution in [0.1, 0.15) is 49.8 Å². The number of allylic oxidation sites excluding steroid dienone is 1. The maximum atomic E-state index is 14.0. The van der Waals surface area contributed by atoms with E-state index in [9.17, 15) is 4.79 Å². The van der Waals surface area contributed by atoms with Gasteiger partial charge in [-0.3, -0.25) is 4.79 Å². The number of ketones is 1. The number of hydrogen-bond acceptors (Lipinski definition) is 7. The molecule has 2 unspecified atom stereocenters. The van der Waals surface area contributed by atoms with E-state index in [0.29, 0.717) is 35.8 Å².